The summed E-state index contributed by atoms with van der Waals surface area (Å²) in [4.78, 5) is 23.5. The zero-order chi connectivity index (χ0) is 20.1. The monoisotopic (exact) mass is 405 g/mol. The van der Waals surface area contributed by atoms with E-state index >= 15 is 0 Å². The van der Waals surface area contributed by atoms with Crippen molar-refractivity contribution >= 4 is 22.9 Å². The summed E-state index contributed by atoms with van der Waals surface area (Å²) in [5, 5.41) is 9.82. The summed E-state index contributed by atoms with van der Waals surface area (Å²) in [6.45, 7) is 0.687. The molecule has 1 aromatic carbocycles. The summed E-state index contributed by atoms with van der Waals surface area (Å²) in [5.41, 5.74) is 11.3. The molecule has 0 radical (unpaired) electrons. The third kappa shape index (κ3) is 4.53. The third-order valence-electron chi connectivity index (χ3n) is 4.33. The van der Waals surface area contributed by atoms with E-state index in [4.69, 9.17) is 5.73 Å². The molecule has 0 spiro atoms. The van der Waals surface area contributed by atoms with Crippen LogP contribution in [0.5, 0.6) is 0 Å². The van der Waals surface area contributed by atoms with Gasteiger partial charge in [0.05, 0.1) is 47.2 Å². The Morgan fingerprint density at radius 2 is 1.97 bits per heavy atom. The minimum atomic E-state index is -0.138. The average molecular weight is 405 g/mol. The Balaban J connectivity index is 1.58. The van der Waals surface area contributed by atoms with Gasteiger partial charge in [0, 0.05) is 17.5 Å². The fourth-order valence-electron chi connectivity index (χ4n) is 2.86. The number of carbonyl (C=O) groups excluding carboxylic acids is 1. The highest BCUT2D eigenvalue weighted by atomic mass is 32.1. The van der Waals surface area contributed by atoms with Gasteiger partial charge in [0.1, 0.15) is 6.54 Å². The summed E-state index contributed by atoms with van der Waals surface area (Å²) in [7, 11) is 0. The van der Waals surface area contributed by atoms with Gasteiger partial charge in [-0.15, -0.1) is 16.4 Å². The van der Waals surface area contributed by atoms with Gasteiger partial charge in [-0.3, -0.25) is 9.78 Å². The number of benzene rings is 1. The summed E-state index contributed by atoms with van der Waals surface area (Å²) in [6.07, 6.45) is 3.38. The van der Waals surface area contributed by atoms with E-state index in [0.29, 0.717) is 17.9 Å². The molecule has 0 aliphatic rings. The predicted octanol–water partition coefficient (Wildman–Crippen LogP) is 2.49. The molecule has 0 bridgehead atoms. The highest BCUT2D eigenvalue weighted by Gasteiger charge is 2.19. The Morgan fingerprint density at radius 1 is 1.10 bits per heavy atom. The molecule has 4 aromatic rings. The molecular formula is C20H19N7OS. The normalized spacial score (nSPS) is 10.8. The zero-order valence-corrected chi connectivity index (χ0v) is 16.4. The molecular weight excluding hydrogens is 386 g/mol. The van der Waals surface area contributed by atoms with Gasteiger partial charge in [-0.05, 0) is 12.1 Å². The molecule has 3 aromatic heterocycles. The van der Waals surface area contributed by atoms with E-state index in [1.807, 2.05) is 47.8 Å². The second-order valence-corrected chi connectivity index (χ2v) is 7.06. The Hall–Kier alpha value is -3.43. The molecule has 9 heteroatoms. The highest BCUT2D eigenvalue weighted by Crippen LogP contribution is 2.22. The number of rotatable bonds is 7. The minimum Gasteiger partial charge on any atom is -0.325 e. The van der Waals surface area contributed by atoms with E-state index in [9.17, 15) is 4.79 Å². The quantitative estimate of drug-likeness (QED) is 0.507. The lowest BCUT2D eigenvalue weighted by Crippen LogP contribution is -2.33. The largest absolute Gasteiger partial charge is 0.325 e. The number of anilines is 1. The van der Waals surface area contributed by atoms with Crippen LogP contribution in [0.15, 0.2) is 65.7 Å². The van der Waals surface area contributed by atoms with Crippen molar-refractivity contribution in [2.75, 3.05) is 4.90 Å². The van der Waals surface area contributed by atoms with Crippen LogP contribution in [0, 0.1) is 0 Å². The molecule has 29 heavy (non-hydrogen) atoms. The molecule has 0 aliphatic carbocycles. The summed E-state index contributed by atoms with van der Waals surface area (Å²) >= 11 is 1.49. The molecule has 0 saturated carbocycles. The molecule has 4 rings (SSSR count). The van der Waals surface area contributed by atoms with Gasteiger partial charge < -0.3 is 10.6 Å². The Labute approximate surface area is 171 Å². The Bertz CT molecular complexity index is 1060. The van der Waals surface area contributed by atoms with Crippen LogP contribution in [0.1, 0.15) is 11.4 Å². The maximum atomic E-state index is 13.0. The number of hydrogen-bond donors (Lipinski definition) is 1. The lowest BCUT2D eigenvalue weighted by Gasteiger charge is -2.22. The number of pyridine rings is 1. The van der Waals surface area contributed by atoms with Crippen LogP contribution in [0.4, 0.5) is 5.69 Å². The molecule has 0 aliphatic heterocycles. The lowest BCUT2D eigenvalue weighted by atomic mass is 10.1. The first-order valence-corrected chi connectivity index (χ1v) is 9.95. The molecule has 2 N–H and O–H groups in total. The number of carbonyl (C=O) groups is 1. The van der Waals surface area contributed by atoms with Crippen molar-refractivity contribution in [2.45, 2.75) is 19.6 Å². The van der Waals surface area contributed by atoms with Gasteiger partial charge >= 0.3 is 0 Å². The van der Waals surface area contributed by atoms with Crippen LogP contribution in [0.2, 0.25) is 0 Å². The molecule has 1 amide bonds. The Kier molecular flexibility index (Phi) is 5.68. The van der Waals surface area contributed by atoms with Crippen LogP contribution < -0.4 is 10.6 Å². The first-order valence-electron chi connectivity index (χ1n) is 9.01. The molecule has 8 nitrogen and oxygen atoms in total. The Morgan fingerprint density at radius 3 is 2.62 bits per heavy atom. The van der Waals surface area contributed by atoms with Crippen LogP contribution >= 0.6 is 11.3 Å². The van der Waals surface area contributed by atoms with Crippen molar-refractivity contribution in [3.8, 4) is 11.3 Å². The number of nitrogens with zero attached hydrogens (tertiary/aromatic N) is 6. The van der Waals surface area contributed by atoms with Crippen molar-refractivity contribution < 1.29 is 4.79 Å². The molecule has 0 saturated heterocycles. The SMILES string of the molecule is NCc1cn(CC(=O)N(Cc2cscn2)c2ccc(-c3ccccc3)nc2)nn1. The van der Waals surface area contributed by atoms with Crippen molar-refractivity contribution in [1.82, 2.24) is 25.0 Å². The average Bonchev–Trinajstić information content (AvgIpc) is 3.44. The molecule has 0 fully saturated rings. The van der Waals surface area contributed by atoms with Crippen LogP contribution in [0.25, 0.3) is 11.3 Å². The molecule has 3 heterocycles. The smallest absolute Gasteiger partial charge is 0.249 e. The van der Waals surface area contributed by atoms with Gasteiger partial charge in [0.25, 0.3) is 0 Å². The maximum absolute atomic E-state index is 13.0. The first kappa shape index (κ1) is 18.9. The van der Waals surface area contributed by atoms with Crippen LogP contribution in [-0.2, 0) is 24.4 Å². The topological polar surface area (TPSA) is 103 Å². The van der Waals surface area contributed by atoms with Crippen molar-refractivity contribution in [3.05, 3.63) is 77.1 Å². The second-order valence-electron chi connectivity index (χ2n) is 6.34. The van der Waals surface area contributed by atoms with E-state index in [1.165, 1.54) is 16.0 Å². The molecule has 0 atom stereocenters. The van der Waals surface area contributed by atoms with Gasteiger partial charge in [-0.1, -0.05) is 35.5 Å². The zero-order valence-electron chi connectivity index (χ0n) is 15.5. The fourth-order valence-corrected chi connectivity index (χ4v) is 3.41. The number of aromatic nitrogens is 5. The van der Waals surface area contributed by atoms with Gasteiger partial charge in [-0.25, -0.2) is 9.67 Å². The van der Waals surface area contributed by atoms with E-state index in [0.717, 1.165) is 17.0 Å². The summed E-state index contributed by atoms with van der Waals surface area (Å²) in [6, 6.07) is 13.7. The molecule has 0 unspecified atom stereocenters. The van der Waals surface area contributed by atoms with E-state index in [2.05, 4.69) is 20.3 Å². The summed E-state index contributed by atoms with van der Waals surface area (Å²) in [5.74, 6) is -0.138. The van der Waals surface area contributed by atoms with Gasteiger partial charge in [-0.2, -0.15) is 0 Å². The third-order valence-corrected chi connectivity index (χ3v) is 4.96. The van der Waals surface area contributed by atoms with E-state index in [-0.39, 0.29) is 19.0 Å². The fraction of sp³-hybridized carbons (Fsp3) is 0.150. The highest BCUT2D eigenvalue weighted by molar-refractivity contribution is 7.07. The molecule has 146 valence electrons. The minimum absolute atomic E-state index is 0.0531. The lowest BCUT2D eigenvalue weighted by molar-refractivity contribution is -0.119. The van der Waals surface area contributed by atoms with Crippen LogP contribution in [0.3, 0.4) is 0 Å². The second kappa shape index (κ2) is 8.72. The van der Waals surface area contributed by atoms with Crippen molar-refractivity contribution in [3.63, 3.8) is 0 Å². The predicted molar refractivity (Wildman–Crippen MR) is 111 cm³/mol. The first-order chi connectivity index (χ1) is 14.2. The maximum Gasteiger partial charge on any atom is 0.249 e. The van der Waals surface area contributed by atoms with Gasteiger partial charge in [0.15, 0.2) is 0 Å². The number of thiazole rings is 1. The summed E-state index contributed by atoms with van der Waals surface area (Å²) < 4.78 is 1.49. The standard InChI is InChI=1S/C20H19N7OS/c21-8-16-10-26(25-24-16)12-20(28)27(11-17-13-29-14-23-17)18-6-7-19(22-9-18)15-4-2-1-3-5-15/h1-7,9-10,13-14H,8,11-12,21H2. The van der Waals surface area contributed by atoms with Crippen molar-refractivity contribution in [1.29, 1.82) is 0 Å². The number of nitrogens with two attached hydrogens (primary N) is 1. The van der Waals surface area contributed by atoms with Crippen LogP contribution in [-0.4, -0.2) is 30.9 Å². The van der Waals surface area contributed by atoms with Crippen molar-refractivity contribution in [2.24, 2.45) is 5.73 Å². The van der Waals surface area contributed by atoms with Gasteiger partial charge in [0.2, 0.25) is 5.91 Å². The number of hydrogen-bond acceptors (Lipinski definition) is 7. The number of amides is 1. The van der Waals surface area contributed by atoms with E-state index < -0.39 is 0 Å². The van der Waals surface area contributed by atoms with E-state index in [1.54, 1.807) is 22.8 Å².